The van der Waals surface area contributed by atoms with Crippen molar-refractivity contribution in [2.75, 3.05) is 31.1 Å². The molecule has 1 aromatic heterocycles. The van der Waals surface area contributed by atoms with Crippen molar-refractivity contribution in [3.05, 3.63) is 48.7 Å². The molecule has 0 unspecified atom stereocenters. The second-order valence-electron chi connectivity index (χ2n) is 6.37. The summed E-state index contributed by atoms with van der Waals surface area (Å²) in [6, 6.07) is 12.4. The predicted molar refractivity (Wildman–Crippen MR) is 102 cm³/mol. The van der Waals surface area contributed by atoms with Crippen LogP contribution in [0.25, 0.3) is 0 Å². The highest BCUT2D eigenvalue weighted by Crippen LogP contribution is 2.22. The van der Waals surface area contributed by atoms with Gasteiger partial charge in [0.15, 0.2) is 0 Å². The minimum absolute atomic E-state index is 0.270. The number of rotatable bonds is 7. The van der Waals surface area contributed by atoms with Crippen molar-refractivity contribution in [1.82, 2.24) is 9.71 Å². The molecular formula is C19H25N3O3S. The number of piperidine rings is 1. The molecule has 0 saturated carbocycles. The van der Waals surface area contributed by atoms with E-state index in [9.17, 15) is 8.42 Å². The van der Waals surface area contributed by atoms with Gasteiger partial charge >= 0.3 is 0 Å². The molecule has 1 saturated heterocycles. The van der Waals surface area contributed by atoms with Crippen LogP contribution in [0.2, 0.25) is 0 Å². The standard InChI is InChI=1S/C19H25N3O3S/c1-2-25-17-6-8-18(9-7-17)26(23,24)21-15-16-10-13-22(14-11-16)19-5-3-4-12-20-19/h3-9,12,16,21H,2,10-11,13-15H2,1H3. The number of nitrogens with one attached hydrogen (secondary N) is 1. The Morgan fingerprint density at radius 2 is 1.88 bits per heavy atom. The third-order valence-electron chi connectivity index (χ3n) is 4.59. The minimum atomic E-state index is -3.49. The summed E-state index contributed by atoms with van der Waals surface area (Å²) < 4.78 is 33.0. The molecule has 2 heterocycles. The molecule has 1 aliphatic rings. The normalized spacial score (nSPS) is 15.8. The third kappa shape index (κ3) is 4.74. The summed E-state index contributed by atoms with van der Waals surface area (Å²) >= 11 is 0. The first-order chi connectivity index (χ1) is 12.6. The lowest BCUT2D eigenvalue weighted by molar-refractivity contribution is 0.340. The minimum Gasteiger partial charge on any atom is -0.494 e. The maximum atomic E-state index is 12.5. The molecule has 7 heteroatoms. The largest absolute Gasteiger partial charge is 0.494 e. The fourth-order valence-corrected chi connectivity index (χ4v) is 4.22. The summed E-state index contributed by atoms with van der Waals surface area (Å²) in [6.45, 7) is 4.71. The zero-order valence-corrected chi connectivity index (χ0v) is 15.8. The van der Waals surface area contributed by atoms with Gasteiger partial charge in [0.1, 0.15) is 11.6 Å². The molecule has 140 valence electrons. The average molecular weight is 375 g/mol. The van der Waals surface area contributed by atoms with Crippen molar-refractivity contribution in [3.63, 3.8) is 0 Å². The third-order valence-corrected chi connectivity index (χ3v) is 6.03. The summed E-state index contributed by atoms with van der Waals surface area (Å²) in [7, 11) is -3.49. The van der Waals surface area contributed by atoms with E-state index in [-0.39, 0.29) is 4.90 Å². The van der Waals surface area contributed by atoms with E-state index in [4.69, 9.17) is 4.74 Å². The summed E-state index contributed by atoms with van der Waals surface area (Å²) in [5.74, 6) is 2.00. The van der Waals surface area contributed by atoms with Crippen LogP contribution in [0.5, 0.6) is 5.75 Å². The number of hydrogen-bond donors (Lipinski definition) is 1. The van der Waals surface area contributed by atoms with Crippen LogP contribution in [0, 0.1) is 5.92 Å². The summed E-state index contributed by atoms with van der Waals surface area (Å²) in [5.41, 5.74) is 0. The molecule has 6 nitrogen and oxygen atoms in total. The smallest absolute Gasteiger partial charge is 0.240 e. The lowest BCUT2D eigenvalue weighted by atomic mass is 9.97. The van der Waals surface area contributed by atoms with Crippen LogP contribution in [0.4, 0.5) is 5.82 Å². The monoisotopic (exact) mass is 375 g/mol. The van der Waals surface area contributed by atoms with Crippen molar-refractivity contribution >= 4 is 15.8 Å². The van der Waals surface area contributed by atoms with Gasteiger partial charge in [-0.15, -0.1) is 0 Å². The van der Waals surface area contributed by atoms with E-state index in [1.54, 1.807) is 30.5 Å². The van der Waals surface area contributed by atoms with Crippen molar-refractivity contribution in [3.8, 4) is 5.75 Å². The maximum absolute atomic E-state index is 12.5. The van der Waals surface area contributed by atoms with Crippen LogP contribution < -0.4 is 14.4 Å². The van der Waals surface area contributed by atoms with Gasteiger partial charge in [-0.2, -0.15) is 0 Å². The molecule has 0 spiro atoms. The van der Waals surface area contributed by atoms with Crippen LogP contribution in [-0.4, -0.2) is 39.6 Å². The van der Waals surface area contributed by atoms with E-state index >= 15 is 0 Å². The molecule has 0 atom stereocenters. The first-order valence-corrected chi connectivity index (χ1v) is 10.5. The lowest BCUT2D eigenvalue weighted by Gasteiger charge is -2.32. The maximum Gasteiger partial charge on any atom is 0.240 e. The number of pyridine rings is 1. The number of benzene rings is 1. The van der Waals surface area contributed by atoms with Crippen LogP contribution in [0.3, 0.4) is 0 Å². The first kappa shape index (κ1) is 18.7. The molecular weight excluding hydrogens is 350 g/mol. The molecule has 26 heavy (non-hydrogen) atoms. The Labute approximate surface area is 155 Å². The van der Waals surface area contributed by atoms with Crippen molar-refractivity contribution in [2.24, 2.45) is 5.92 Å². The second kappa shape index (κ2) is 8.51. The van der Waals surface area contributed by atoms with E-state index in [0.717, 1.165) is 31.7 Å². The fraction of sp³-hybridized carbons (Fsp3) is 0.421. The zero-order valence-electron chi connectivity index (χ0n) is 15.0. The molecule has 0 bridgehead atoms. The van der Waals surface area contributed by atoms with Gasteiger partial charge in [0, 0.05) is 25.8 Å². The number of aromatic nitrogens is 1. The Kier molecular flexibility index (Phi) is 6.11. The lowest BCUT2D eigenvalue weighted by Crippen LogP contribution is -2.39. The van der Waals surface area contributed by atoms with Crippen molar-refractivity contribution < 1.29 is 13.2 Å². The second-order valence-corrected chi connectivity index (χ2v) is 8.14. The first-order valence-electron chi connectivity index (χ1n) is 8.97. The van der Waals surface area contributed by atoms with Crippen LogP contribution in [0.15, 0.2) is 53.6 Å². The van der Waals surface area contributed by atoms with Crippen LogP contribution in [0.1, 0.15) is 19.8 Å². The Hall–Kier alpha value is -2.12. The number of anilines is 1. The van der Waals surface area contributed by atoms with Gasteiger partial charge in [0.2, 0.25) is 10.0 Å². The highest BCUT2D eigenvalue weighted by Gasteiger charge is 2.22. The molecule has 0 amide bonds. The van der Waals surface area contributed by atoms with Crippen LogP contribution in [-0.2, 0) is 10.0 Å². The van der Waals surface area contributed by atoms with E-state index in [1.165, 1.54) is 0 Å². The van der Waals surface area contributed by atoms with Crippen molar-refractivity contribution in [1.29, 1.82) is 0 Å². The quantitative estimate of drug-likeness (QED) is 0.806. The molecule has 2 aromatic rings. The molecule has 1 fully saturated rings. The average Bonchev–Trinajstić information content (AvgIpc) is 2.68. The summed E-state index contributed by atoms with van der Waals surface area (Å²) in [6.07, 6.45) is 3.69. The Bertz CT molecular complexity index is 787. The molecule has 1 aliphatic heterocycles. The molecule has 3 rings (SSSR count). The number of nitrogens with zero attached hydrogens (tertiary/aromatic N) is 2. The van der Waals surface area contributed by atoms with Gasteiger partial charge in [-0.1, -0.05) is 6.07 Å². The topological polar surface area (TPSA) is 71.5 Å². The van der Waals surface area contributed by atoms with E-state index in [2.05, 4.69) is 14.6 Å². The molecule has 1 aromatic carbocycles. The van der Waals surface area contributed by atoms with Gasteiger partial charge in [0.05, 0.1) is 11.5 Å². The number of hydrogen-bond acceptors (Lipinski definition) is 5. The number of sulfonamides is 1. The Morgan fingerprint density at radius 1 is 1.15 bits per heavy atom. The number of ether oxygens (including phenoxy) is 1. The molecule has 1 N–H and O–H groups in total. The Morgan fingerprint density at radius 3 is 2.50 bits per heavy atom. The predicted octanol–water partition coefficient (Wildman–Crippen LogP) is 2.68. The Balaban J connectivity index is 1.51. The zero-order chi connectivity index (χ0) is 18.4. The van der Waals surface area contributed by atoms with E-state index < -0.39 is 10.0 Å². The van der Waals surface area contributed by atoms with Gasteiger partial charge in [-0.05, 0) is 62.1 Å². The van der Waals surface area contributed by atoms with Gasteiger partial charge in [-0.3, -0.25) is 0 Å². The summed E-state index contributed by atoms with van der Waals surface area (Å²) in [5, 5.41) is 0. The SMILES string of the molecule is CCOc1ccc(S(=O)(=O)NCC2CCN(c3ccccn3)CC2)cc1. The van der Waals surface area contributed by atoms with Crippen LogP contribution >= 0.6 is 0 Å². The highest BCUT2D eigenvalue weighted by molar-refractivity contribution is 7.89. The van der Waals surface area contributed by atoms with E-state index in [0.29, 0.717) is 24.8 Å². The fourth-order valence-electron chi connectivity index (χ4n) is 3.10. The van der Waals surface area contributed by atoms with Gasteiger partial charge < -0.3 is 9.64 Å². The highest BCUT2D eigenvalue weighted by atomic mass is 32.2. The van der Waals surface area contributed by atoms with Crippen molar-refractivity contribution in [2.45, 2.75) is 24.7 Å². The van der Waals surface area contributed by atoms with Gasteiger partial charge in [-0.25, -0.2) is 18.1 Å². The summed E-state index contributed by atoms with van der Waals surface area (Å²) in [4.78, 5) is 6.89. The van der Waals surface area contributed by atoms with E-state index in [1.807, 2.05) is 25.1 Å². The van der Waals surface area contributed by atoms with Gasteiger partial charge in [0.25, 0.3) is 0 Å². The molecule has 0 radical (unpaired) electrons. The molecule has 0 aliphatic carbocycles.